The van der Waals surface area contributed by atoms with E-state index in [2.05, 4.69) is 28.0 Å². The standard InChI is InChI=1S/C6H6N2O/c1-3-5-6(7-2)4-9-8-5/h3-4H,1-2H2. The van der Waals surface area contributed by atoms with Crippen LogP contribution in [0.2, 0.25) is 0 Å². The van der Waals surface area contributed by atoms with E-state index >= 15 is 0 Å². The molecule has 0 saturated heterocycles. The van der Waals surface area contributed by atoms with Crippen molar-refractivity contribution in [3.63, 3.8) is 0 Å². The first kappa shape index (κ1) is 5.75. The second-order valence-corrected chi connectivity index (χ2v) is 1.45. The quantitative estimate of drug-likeness (QED) is 0.559. The van der Waals surface area contributed by atoms with Crippen LogP contribution >= 0.6 is 0 Å². The van der Waals surface area contributed by atoms with E-state index in [1.807, 2.05) is 0 Å². The molecule has 1 aromatic heterocycles. The molecule has 0 spiro atoms. The third-order valence-electron chi connectivity index (χ3n) is 0.942. The molecule has 0 unspecified atom stereocenters. The number of aromatic nitrogens is 1. The highest BCUT2D eigenvalue weighted by atomic mass is 16.5. The summed E-state index contributed by atoms with van der Waals surface area (Å²) in [5.41, 5.74) is 1.26. The van der Waals surface area contributed by atoms with Gasteiger partial charge >= 0.3 is 0 Å². The summed E-state index contributed by atoms with van der Waals surface area (Å²) in [6.45, 7) is 6.82. The molecule has 0 aliphatic carbocycles. The summed E-state index contributed by atoms with van der Waals surface area (Å²) in [5, 5.41) is 3.58. The van der Waals surface area contributed by atoms with Gasteiger partial charge < -0.3 is 4.52 Å². The third kappa shape index (κ3) is 0.887. The molecule has 0 bridgehead atoms. The number of aliphatic imine (C=N–C) groups is 1. The van der Waals surface area contributed by atoms with Crippen LogP contribution in [-0.4, -0.2) is 11.9 Å². The molecule has 3 heteroatoms. The van der Waals surface area contributed by atoms with E-state index in [1.54, 1.807) is 6.08 Å². The van der Waals surface area contributed by atoms with Crippen molar-refractivity contribution in [1.29, 1.82) is 0 Å². The fourth-order valence-corrected chi connectivity index (χ4v) is 0.500. The van der Waals surface area contributed by atoms with Gasteiger partial charge in [-0.3, -0.25) is 4.99 Å². The zero-order valence-electron chi connectivity index (χ0n) is 4.87. The van der Waals surface area contributed by atoms with Crippen LogP contribution in [0.3, 0.4) is 0 Å². The van der Waals surface area contributed by atoms with Gasteiger partial charge in [-0.05, 0) is 12.8 Å². The van der Waals surface area contributed by atoms with Crippen LogP contribution in [0.15, 0.2) is 22.4 Å². The zero-order valence-corrected chi connectivity index (χ0v) is 4.87. The Morgan fingerprint density at radius 2 is 2.56 bits per heavy atom. The van der Waals surface area contributed by atoms with Crippen molar-refractivity contribution in [3.05, 3.63) is 18.5 Å². The SMILES string of the molecule is C=Cc1nocc1N=C. The lowest BCUT2D eigenvalue weighted by Crippen LogP contribution is -1.65. The van der Waals surface area contributed by atoms with E-state index in [1.165, 1.54) is 6.26 Å². The molecule has 0 aromatic carbocycles. The predicted octanol–water partition coefficient (Wildman–Crippen LogP) is 1.65. The van der Waals surface area contributed by atoms with Crippen LogP contribution in [-0.2, 0) is 0 Å². The van der Waals surface area contributed by atoms with Crippen molar-refractivity contribution in [2.75, 3.05) is 0 Å². The molecule has 0 aliphatic rings. The minimum Gasteiger partial charge on any atom is -0.362 e. The van der Waals surface area contributed by atoms with E-state index in [9.17, 15) is 0 Å². The third-order valence-corrected chi connectivity index (χ3v) is 0.942. The molecule has 0 aliphatic heterocycles. The Labute approximate surface area is 52.7 Å². The smallest absolute Gasteiger partial charge is 0.150 e. The van der Waals surface area contributed by atoms with Gasteiger partial charge in [0.1, 0.15) is 17.6 Å². The molecule has 1 aromatic rings. The summed E-state index contributed by atoms with van der Waals surface area (Å²) in [7, 11) is 0. The lowest BCUT2D eigenvalue weighted by Gasteiger charge is -1.79. The lowest BCUT2D eigenvalue weighted by molar-refractivity contribution is 0.418. The normalized spacial score (nSPS) is 8.89. The second-order valence-electron chi connectivity index (χ2n) is 1.45. The highest BCUT2D eigenvalue weighted by Crippen LogP contribution is 2.16. The summed E-state index contributed by atoms with van der Waals surface area (Å²) in [6, 6.07) is 0. The monoisotopic (exact) mass is 122 g/mol. The van der Waals surface area contributed by atoms with E-state index in [0.717, 1.165) is 0 Å². The van der Waals surface area contributed by atoms with Gasteiger partial charge in [0, 0.05) is 0 Å². The molecule has 0 N–H and O–H groups in total. The zero-order chi connectivity index (χ0) is 6.69. The first-order valence-electron chi connectivity index (χ1n) is 2.42. The van der Waals surface area contributed by atoms with Gasteiger partial charge in [-0.2, -0.15) is 0 Å². The second kappa shape index (κ2) is 2.26. The van der Waals surface area contributed by atoms with Crippen molar-refractivity contribution in [2.24, 2.45) is 4.99 Å². The molecule has 0 atom stereocenters. The number of hydrogen-bond donors (Lipinski definition) is 0. The average molecular weight is 122 g/mol. The van der Waals surface area contributed by atoms with Crippen LogP contribution in [0.4, 0.5) is 5.69 Å². The van der Waals surface area contributed by atoms with Gasteiger partial charge in [0.05, 0.1) is 0 Å². The predicted molar refractivity (Wildman–Crippen MR) is 35.8 cm³/mol. The molecular formula is C6H6N2O. The highest BCUT2D eigenvalue weighted by Gasteiger charge is 1.98. The maximum Gasteiger partial charge on any atom is 0.150 e. The lowest BCUT2D eigenvalue weighted by atomic mass is 10.4. The van der Waals surface area contributed by atoms with Gasteiger partial charge in [0.2, 0.25) is 0 Å². The maximum atomic E-state index is 4.57. The van der Waals surface area contributed by atoms with E-state index in [-0.39, 0.29) is 0 Å². The Balaban J connectivity index is 3.12. The molecular weight excluding hydrogens is 116 g/mol. The molecule has 0 radical (unpaired) electrons. The largest absolute Gasteiger partial charge is 0.362 e. The molecule has 46 valence electrons. The van der Waals surface area contributed by atoms with E-state index in [0.29, 0.717) is 11.4 Å². The number of hydrogen-bond acceptors (Lipinski definition) is 3. The Morgan fingerprint density at radius 3 is 3.00 bits per heavy atom. The summed E-state index contributed by atoms with van der Waals surface area (Å²) >= 11 is 0. The summed E-state index contributed by atoms with van der Waals surface area (Å²) in [6.07, 6.45) is 2.98. The van der Waals surface area contributed by atoms with Crippen molar-refractivity contribution < 1.29 is 4.52 Å². The minimum atomic E-state index is 0.630. The van der Waals surface area contributed by atoms with Crippen molar-refractivity contribution >= 4 is 18.5 Å². The minimum absolute atomic E-state index is 0.630. The molecule has 0 saturated carbocycles. The van der Waals surface area contributed by atoms with Crippen molar-refractivity contribution in [3.8, 4) is 0 Å². The van der Waals surface area contributed by atoms with Crippen LogP contribution in [0, 0.1) is 0 Å². The van der Waals surface area contributed by atoms with Gasteiger partial charge in [0.15, 0.2) is 0 Å². The van der Waals surface area contributed by atoms with Crippen LogP contribution in [0.25, 0.3) is 6.08 Å². The first-order chi connectivity index (χ1) is 4.38. The van der Waals surface area contributed by atoms with Crippen molar-refractivity contribution in [2.45, 2.75) is 0 Å². The Kier molecular flexibility index (Phi) is 1.44. The molecule has 1 rings (SSSR count). The summed E-state index contributed by atoms with van der Waals surface area (Å²) in [4.78, 5) is 3.62. The van der Waals surface area contributed by atoms with Crippen LogP contribution < -0.4 is 0 Å². The first-order valence-corrected chi connectivity index (χ1v) is 2.42. The van der Waals surface area contributed by atoms with Crippen LogP contribution in [0.5, 0.6) is 0 Å². The Hall–Kier alpha value is -1.38. The average Bonchev–Trinajstić information content (AvgIpc) is 2.33. The summed E-state index contributed by atoms with van der Waals surface area (Å²) < 4.78 is 4.57. The van der Waals surface area contributed by atoms with Gasteiger partial charge in [-0.25, -0.2) is 0 Å². The van der Waals surface area contributed by atoms with Gasteiger partial charge in [-0.1, -0.05) is 11.7 Å². The van der Waals surface area contributed by atoms with E-state index in [4.69, 9.17) is 0 Å². The fourth-order valence-electron chi connectivity index (χ4n) is 0.500. The van der Waals surface area contributed by atoms with Gasteiger partial charge in [0.25, 0.3) is 0 Å². The molecule has 9 heavy (non-hydrogen) atoms. The topological polar surface area (TPSA) is 38.4 Å². The van der Waals surface area contributed by atoms with Gasteiger partial charge in [-0.15, -0.1) is 0 Å². The molecule has 0 amide bonds. The van der Waals surface area contributed by atoms with E-state index < -0.39 is 0 Å². The number of nitrogens with zero attached hydrogens (tertiary/aromatic N) is 2. The number of rotatable bonds is 2. The summed E-state index contributed by atoms with van der Waals surface area (Å²) in [5.74, 6) is 0. The molecule has 1 heterocycles. The molecule has 3 nitrogen and oxygen atoms in total. The molecule has 0 fully saturated rings. The van der Waals surface area contributed by atoms with Crippen molar-refractivity contribution in [1.82, 2.24) is 5.16 Å². The van der Waals surface area contributed by atoms with Crippen LogP contribution in [0.1, 0.15) is 5.69 Å². The Bertz CT molecular complexity index is 204. The highest BCUT2D eigenvalue weighted by molar-refractivity contribution is 5.59. The fraction of sp³-hybridized carbons (Fsp3) is 0. The maximum absolute atomic E-state index is 4.57. The Morgan fingerprint density at radius 1 is 1.78 bits per heavy atom.